The van der Waals surface area contributed by atoms with E-state index in [4.69, 9.17) is 9.15 Å². The number of hydrogen-bond acceptors (Lipinski definition) is 6. The molecule has 1 aromatic carbocycles. The molecule has 152 valence electrons. The second-order valence-corrected chi connectivity index (χ2v) is 8.08. The van der Waals surface area contributed by atoms with Crippen molar-refractivity contribution in [2.75, 3.05) is 32.8 Å². The van der Waals surface area contributed by atoms with Gasteiger partial charge >= 0.3 is 5.97 Å². The minimum absolute atomic E-state index is 0.0611. The number of carbonyl (C=O) groups excluding carboxylic acids is 1. The van der Waals surface area contributed by atoms with Gasteiger partial charge in [-0.3, -0.25) is 4.90 Å². The Kier molecular flexibility index (Phi) is 6.11. The lowest BCUT2D eigenvalue weighted by Crippen LogP contribution is -2.48. The quantitative estimate of drug-likeness (QED) is 0.675. The first-order chi connectivity index (χ1) is 13.3. The molecule has 1 fully saturated rings. The van der Waals surface area contributed by atoms with Crippen molar-refractivity contribution in [3.8, 4) is 0 Å². The summed E-state index contributed by atoms with van der Waals surface area (Å²) in [5, 5.41) is 0. The molecular formula is C18H20F2N2O5S. The number of sulfonamides is 1. The van der Waals surface area contributed by atoms with E-state index in [-0.39, 0.29) is 19.7 Å². The summed E-state index contributed by atoms with van der Waals surface area (Å²) in [6.45, 7) is 3.00. The van der Waals surface area contributed by atoms with E-state index in [0.717, 1.165) is 22.5 Å². The van der Waals surface area contributed by atoms with E-state index in [9.17, 15) is 22.0 Å². The van der Waals surface area contributed by atoms with E-state index in [1.807, 2.05) is 4.90 Å². The molecule has 0 aliphatic carbocycles. The van der Waals surface area contributed by atoms with Crippen LogP contribution in [0.25, 0.3) is 0 Å². The number of rotatable bonds is 6. The molecular weight excluding hydrogens is 394 g/mol. The summed E-state index contributed by atoms with van der Waals surface area (Å²) in [5.41, 5.74) is 0.324. The fraction of sp³-hybridized carbons (Fsp3) is 0.389. The number of hydrogen-bond donors (Lipinski definition) is 0. The Balaban J connectivity index is 1.67. The summed E-state index contributed by atoms with van der Waals surface area (Å²) >= 11 is 0. The average Bonchev–Trinajstić information content (AvgIpc) is 3.10. The van der Waals surface area contributed by atoms with E-state index < -0.39 is 32.5 Å². The predicted molar refractivity (Wildman–Crippen MR) is 95.1 cm³/mol. The lowest BCUT2D eigenvalue weighted by molar-refractivity contribution is 0.0521. The second kappa shape index (κ2) is 8.38. The number of furan rings is 1. The molecule has 28 heavy (non-hydrogen) atoms. The van der Waals surface area contributed by atoms with Gasteiger partial charge in [0.1, 0.15) is 23.0 Å². The van der Waals surface area contributed by atoms with Crippen molar-refractivity contribution in [1.82, 2.24) is 9.21 Å². The molecule has 1 aliphatic rings. The van der Waals surface area contributed by atoms with Crippen LogP contribution in [0.2, 0.25) is 0 Å². The standard InChI is InChI=1S/C18H20F2N2O5S/c1-2-26-18(23)13-6-11-27-16(13)12-21-7-9-22(10-8-21)28(24,25)17-14(19)4-3-5-15(17)20/h3-6,11H,2,7-10,12H2,1H3. The fourth-order valence-electron chi connectivity index (χ4n) is 3.04. The second-order valence-electron chi connectivity index (χ2n) is 6.21. The number of esters is 1. The van der Waals surface area contributed by atoms with E-state index in [1.54, 1.807) is 6.92 Å². The van der Waals surface area contributed by atoms with Gasteiger partial charge in [0.25, 0.3) is 0 Å². The maximum Gasteiger partial charge on any atom is 0.341 e. The average molecular weight is 414 g/mol. The number of nitrogens with zero attached hydrogens (tertiary/aromatic N) is 2. The van der Waals surface area contributed by atoms with Gasteiger partial charge in [-0.25, -0.2) is 22.0 Å². The molecule has 0 bridgehead atoms. The number of piperazine rings is 1. The van der Waals surface area contributed by atoms with Gasteiger partial charge in [0.05, 0.1) is 19.4 Å². The van der Waals surface area contributed by atoms with E-state index in [1.165, 1.54) is 12.3 Å². The van der Waals surface area contributed by atoms with E-state index >= 15 is 0 Å². The monoisotopic (exact) mass is 414 g/mol. The van der Waals surface area contributed by atoms with Crippen molar-refractivity contribution < 1.29 is 31.1 Å². The van der Waals surface area contributed by atoms with Crippen LogP contribution in [0, 0.1) is 11.6 Å². The predicted octanol–water partition coefficient (Wildman–Crippen LogP) is 2.24. The number of ether oxygens (including phenoxy) is 1. The van der Waals surface area contributed by atoms with Gasteiger partial charge in [0.15, 0.2) is 4.90 Å². The smallest absolute Gasteiger partial charge is 0.341 e. The Morgan fingerprint density at radius 2 is 1.79 bits per heavy atom. The summed E-state index contributed by atoms with van der Waals surface area (Å²) in [5.74, 6) is -2.29. The van der Waals surface area contributed by atoms with Crippen LogP contribution in [0.15, 0.2) is 39.8 Å². The highest BCUT2D eigenvalue weighted by Gasteiger charge is 2.33. The van der Waals surface area contributed by atoms with Crippen molar-refractivity contribution in [2.45, 2.75) is 18.4 Å². The maximum absolute atomic E-state index is 13.9. The van der Waals surface area contributed by atoms with Crippen molar-refractivity contribution in [3.63, 3.8) is 0 Å². The Labute approximate surface area is 161 Å². The van der Waals surface area contributed by atoms with Gasteiger partial charge < -0.3 is 9.15 Å². The Morgan fingerprint density at radius 1 is 1.14 bits per heavy atom. The first kappa shape index (κ1) is 20.4. The Hall–Kier alpha value is -2.30. The van der Waals surface area contributed by atoms with Gasteiger partial charge in [-0.15, -0.1) is 0 Å². The molecule has 2 aromatic rings. The van der Waals surface area contributed by atoms with Crippen LogP contribution >= 0.6 is 0 Å². The third kappa shape index (κ3) is 4.08. The normalized spacial score (nSPS) is 16.2. The van der Waals surface area contributed by atoms with Crippen molar-refractivity contribution in [1.29, 1.82) is 0 Å². The fourth-order valence-corrected chi connectivity index (χ4v) is 4.57. The lowest BCUT2D eigenvalue weighted by Gasteiger charge is -2.33. The molecule has 7 nitrogen and oxygen atoms in total. The van der Waals surface area contributed by atoms with Crippen LogP contribution < -0.4 is 0 Å². The molecule has 1 aromatic heterocycles. The zero-order valence-electron chi connectivity index (χ0n) is 15.2. The van der Waals surface area contributed by atoms with Crippen LogP contribution in [0.5, 0.6) is 0 Å². The van der Waals surface area contributed by atoms with Crippen molar-refractivity contribution in [3.05, 3.63) is 53.5 Å². The summed E-state index contributed by atoms with van der Waals surface area (Å²) in [6.07, 6.45) is 1.39. The molecule has 3 rings (SSSR count). The molecule has 1 saturated heterocycles. The largest absolute Gasteiger partial charge is 0.467 e. The molecule has 0 unspecified atom stereocenters. The summed E-state index contributed by atoms with van der Waals surface area (Å²) in [7, 11) is -4.28. The minimum Gasteiger partial charge on any atom is -0.467 e. The van der Waals surface area contributed by atoms with Crippen LogP contribution in [0.4, 0.5) is 8.78 Å². The van der Waals surface area contributed by atoms with Crippen LogP contribution in [-0.2, 0) is 21.3 Å². The van der Waals surface area contributed by atoms with Gasteiger partial charge in [-0.05, 0) is 25.1 Å². The molecule has 1 aliphatic heterocycles. The number of carbonyl (C=O) groups is 1. The third-order valence-corrected chi connectivity index (χ3v) is 6.41. The van der Waals surface area contributed by atoms with E-state index in [0.29, 0.717) is 31.0 Å². The molecule has 2 heterocycles. The molecule has 0 amide bonds. The maximum atomic E-state index is 13.9. The van der Waals surface area contributed by atoms with Crippen LogP contribution in [-0.4, -0.2) is 56.4 Å². The highest BCUT2D eigenvalue weighted by molar-refractivity contribution is 7.89. The Morgan fingerprint density at radius 3 is 2.39 bits per heavy atom. The van der Waals surface area contributed by atoms with Gasteiger partial charge in [-0.1, -0.05) is 6.07 Å². The summed E-state index contributed by atoms with van der Waals surface area (Å²) in [6, 6.07) is 4.47. The Bertz CT molecular complexity index is 932. The van der Waals surface area contributed by atoms with Gasteiger partial charge in [0.2, 0.25) is 10.0 Å². The summed E-state index contributed by atoms with van der Waals surface area (Å²) < 4.78 is 64.4. The topological polar surface area (TPSA) is 80.1 Å². The van der Waals surface area contributed by atoms with Crippen LogP contribution in [0.3, 0.4) is 0 Å². The minimum atomic E-state index is -4.28. The molecule has 0 saturated carbocycles. The SMILES string of the molecule is CCOC(=O)c1ccoc1CN1CCN(S(=O)(=O)c2c(F)cccc2F)CC1. The highest BCUT2D eigenvalue weighted by Crippen LogP contribution is 2.24. The van der Waals surface area contributed by atoms with E-state index in [2.05, 4.69) is 0 Å². The van der Waals surface area contributed by atoms with Gasteiger partial charge in [0, 0.05) is 26.2 Å². The van der Waals surface area contributed by atoms with Crippen molar-refractivity contribution in [2.24, 2.45) is 0 Å². The molecule has 0 atom stereocenters. The number of halogens is 2. The number of benzene rings is 1. The molecule has 0 spiro atoms. The zero-order chi connectivity index (χ0) is 20.3. The zero-order valence-corrected chi connectivity index (χ0v) is 16.0. The first-order valence-electron chi connectivity index (χ1n) is 8.74. The molecule has 0 N–H and O–H groups in total. The third-order valence-electron chi connectivity index (χ3n) is 4.46. The molecule has 10 heteroatoms. The van der Waals surface area contributed by atoms with Crippen molar-refractivity contribution >= 4 is 16.0 Å². The summed E-state index contributed by atoms with van der Waals surface area (Å²) in [4.78, 5) is 12.9. The highest BCUT2D eigenvalue weighted by atomic mass is 32.2. The van der Waals surface area contributed by atoms with Gasteiger partial charge in [-0.2, -0.15) is 4.31 Å². The van der Waals surface area contributed by atoms with Crippen LogP contribution in [0.1, 0.15) is 23.0 Å². The molecule has 0 radical (unpaired) electrons. The first-order valence-corrected chi connectivity index (χ1v) is 10.2. The lowest BCUT2D eigenvalue weighted by atomic mass is 10.2.